The first kappa shape index (κ1) is 16.9. The van der Waals surface area contributed by atoms with Crippen molar-refractivity contribution in [1.82, 2.24) is 4.31 Å². The molecule has 1 aromatic heterocycles. The van der Waals surface area contributed by atoms with Gasteiger partial charge in [-0.15, -0.1) is 11.3 Å². The third-order valence-electron chi connectivity index (χ3n) is 3.81. The molecule has 2 aromatic rings. The normalized spacial score (nSPS) is 15.4. The topological polar surface area (TPSA) is 75.7 Å². The largest absolute Gasteiger partial charge is 0.497 e. The van der Waals surface area contributed by atoms with Crippen molar-refractivity contribution < 1.29 is 17.9 Å². The number of rotatable bonds is 5. The number of nitrogens with one attached hydrogen (secondary N) is 1. The first-order valence-corrected chi connectivity index (χ1v) is 9.82. The van der Waals surface area contributed by atoms with Crippen molar-refractivity contribution in [3.8, 4) is 5.75 Å². The number of benzene rings is 1. The number of sulfonamides is 1. The van der Waals surface area contributed by atoms with Gasteiger partial charge >= 0.3 is 0 Å². The standard InChI is InChI=1S/C16H18N2O4S2/c1-22-13-6-4-12(5-7-13)17-16(19)14-8-9-15(23-14)24(20,21)18-10-2-3-11-18/h4-9H,2-3,10-11H2,1H3,(H,17,19). The molecular weight excluding hydrogens is 348 g/mol. The molecule has 1 aliphatic heterocycles. The Hall–Kier alpha value is -1.90. The highest BCUT2D eigenvalue weighted by Gasteiger charge is 2.29. The summed E-state index contributed by atoms with van der Waals surface area (Å²) >= 11 is 0.995. The van der Waals surface area contributed by atoms with Gasteiger partial charge in [-0.3, -0.25) is 4.79 Å². The van der Waals surface area contributed by atoms with Crippen molar-refractivity contribution in [2.75, 3.05) is 25.5 Å². The van der Waals surface area contributed by atoms with Crippen LogP contribution in [0.25, 0.3) is 0 Å². The highest BCUT2D eigenvalue weighted by Crippen LogP contribution is 2.28. The number of nitrogens with zero attached hydrogens (tertiary/aromatic N) is 1. The van der Waals surface area contributed by atoms with Crippen molar-refractivity contribution in [2.45, 2.75) is 17.1 Å². The van der Waals surface area contributed by atoms with Gasteiger partial charge < -0.3 is 10.1 Å². The fourth-order valence-corrected chi connectivity index (χ4v) is 5.38. The number of hydrogen-bond donors (Lipinski definition) is 1. The maximum absolute atomic E-state index is 12.5. The lowest BCUT2D eigenvalue weighted by Crippen LogP contribution is -2.27. The lowest BCUT2D eigenvalue weighted by Gasteiger charge is -2.13. The van der Waals surface area contributed by atoms with Crippen LogP contribution in [-0.4, -0.2) is 38.8 Å². The second kappa shape index (κ2) is 6.92. The van der Waals surface area contributed by atoms with Crippen LogP contribution in [0.1, 0.15) is 22.5 Å². The molecule has 1 aliphatic rings. The summed E-state index contributed by atoms with van der Waals surface area (Å²) in [6.07, 6.45) is 1.77. The number of ether oxygens (including phenoxy) is 1. The number of thiophene rings is 1. The molecule has 1 saturated heterocycles. The van der Waals surface area contributed by atoms with Crippen LogP contribution < -0.4 is 10.1 Å². The van der Waals surface area contributed by atoms with Gasteiger partial charge in [0.25, 0.3) is 15.9 Å². The molecular formula is C16H18N2O4S2. The second-order valence-corrected chi connectivity index (χ2v) is 8.66. The van der Waals surface area contributed by atoms with Gasteiger partial charge in [-0.05, 0) is 49.2 Å². The van der Waals surface area contributed by atoms with Crippen LogP contribution in [0.5, 0.6) is 5.75 Å². The minimum Gasteiger partial charge on any atom is -0.497 e. The number of hydrogen-bond acceptors (Lipinski definition) is 5. The van der Waals surface area contributed by atoms with Crippen molar-refractivity contribution in [2.24, 2.45) is 0 Å². The van der Waals surface area contributed by atoms with Gasteiger partial charge in [0.15, 0.2) is 0 Å². The molecule has 0 atom stereocenters. The number of anilines is 1. The predicted molar refractivity (Wildman–Crippen MR) is 93.3 cm³/mol. The maximum Gasteiger partial charge on any atom is 0.265 e. The van der Waals surface area contributed by atoms with Crippen LogP contribution in [0.3, 0.4) is 0 Å². The van der Waals surface area contributed by atoms with E-state index in [0.717, 1.165) is 24.2 Å². The molecule has 0 unspecified atom stereocenters. The molecule has 0 spiro atoms. The molecule has 0 saturated carbocycles. The minimum atomic E-state index is -3.48. The summed E-state index contributed by atoms with van der Waals surface area (Å²) in [5.74, 6) is 0.371. The molecule has 0 aliphatic carbocycles. The third-order valence-corrected chi connectivity index (χ3v) is 7.26. The van der Waals surface area contributed by atoms with Gasteiger partial charge in [-0.1, -0.05) is 0 Å². The van der Waals surface area contributed by atoms with Gasteiger partial charge in [-0.2, -0.15) is 4.31 Å². The van der Waals surface area contributed by atoms with Crippen LogP contribution in [0, 0.1) is 0 Å². The van der Waals surface area contributed by atoms with E-state index in [1.807, 2.05) is 0 Å². The monoisotopic (exact) mass is 366 g/mol. The molecule has 0 bridgehead atoms. The smallest absolute Gasteiger partial charge is 0.265 e. The first-order valence-electron chi connectivity index (χ1n) is 7.56. The number of carbonyl (C=O) groups is 1. The Morgan fingerprint density at radius 2 is 1.79 bits per heavy atom. The molecule has 24 heavy (non-hydrogen) atoms. The van der Waals surface area contributed by atoms with Gasteiger partial charge in [0.05, 0.1) is 12.0 Å². The van der Waals surface area contributed by atoms with E-state index in [2.05, 4.69) is 5.32 Å². The first-order chi connectivity index (χ1) is 11.5. The third kappa shape index (κ3) is 3.45. The summed E-state index contributed by atoms with van der Waals surface area (Å²) in [6.45, 7) is 1.10. The van der Waals surface area contributed by atoms with Crippen LogP contribution in [0.2, 0.25) is 0 Å². The summed E-state index contributed by atoms with van der Waals surface area (Å²) in [7, 11) is -1.91. The summed E-state index contributed by atoms with van der Waals surface area (Å²) in [6, 6.07) is 9.99. The van der Waals surface area contributed by atoms with E-state index in [4.69, 9.17) is 4.74 Å². The van der Waals surface area contributed by atoms with E-state index in [9.17, 15) is 13.2 Å². The van der Waals surface area contributed by atoms with E-state index < -0.39 is 10.0 Å². The fraction of sp³-hybridized carbons (Fsp3) is 0.312. The van der Waals surface area contributed by atoms with Crippen LogP contribution in [-0.2, 0) is 10.0 Å². The van der Waals surface area contributed by atoms with Crippen LogP contribution in [0.15, 0.2) is 40.6 Å². The Kier molecular flexibility index (Phi) is 4.88. The molecule has 1 N–H and O–H groups in total. The summed E-state index contributed by atoms with van der Waals surface area (Å²) in [5, 5.41) is 2.75. The molecule has 8 heteroatoms. The Labute approximate surface area is 145 Å². The minimum absolute atomic E-state index is 0.212. The Morgan fingerprint density at radius 3 is 2.42 bits per heavy atom. The van der Waals surface area contributed by atoms with Crippen molar-refractivity contribution in [3.05, 3.63) is 41.3 Å². The molecule has 3 rings (SSSR count). The number of carbonyl (C=O) groups excluding carboxylic acids is 1. The van der Waals surface area contributed by atoms with Crippen molar-refractivity contribution >= 4 is 33.0 Å². The zero-order chi connectivity index (χ0) is 17.2. The lowest BCUT2D eigenvalue weighted by atomic mass is 10.3. The Morgan fingerprint density at radius 1 is 1.12 bits per heavy atom. The summed E-state index contributed by atoms with van der Waals surface area (Å²) < 4.78 is 31.7. The second-order valence-electron chi connectivity index (χ2n) is 5.41. The molecule has 2 heterocycles. The average molecular weight is 366 g/mol. The molecule has 0 radical (unpaired) electrons. The highest BCUT2D eigenvalue weighted by molar-refractivity contribution is 7.91. The molecule has 1 aromatic carbocycles. The van der Waals surface area contributed by atoms with Crippen molar-refractivity contribution in [1.29, 1.82) is 0 Å². The molecule has 6 nitrogen and oxygen atoms in total. The van der Waals surface area contributed by atoms with Gasteiger partial charge in [0, 0.05) is 18.8 Å². The number of methoxy groups -OCH3 is 1. The Balaban J connectivity index is 1.73. The highest BCUT2D eigenvalue weighted by atomic mass is 32.2. The van der Waals surface area contributed by atoms with Gasteiger partial charge in [-0.25, -0.2) is 8.42 Å². The van der Waals surface area contributed by atoms with Crippen LogP contribution >= 0.6 is 11.3 Å². The SMILES string of the molecule is COc1ccc(NC(=O)c2ccc(S(=O)(=O)N3CCCC3)s2)cc1. The van der Waals surface area contributed by atoms with Crippen LogP contribution in [0.4, 0.5) is 5.69 Å². The maximum atomic E-state index is 12.5. The van der Waals surface area contributed by atoms with E-state index in [0.29, 0.717) is 29.4 Å². The molecule has 1 fully saturated rings. The zero-order valence-electron chi connectivity index (χ0n) is 13.2. The molecule has 1 amide bonds. The van der Waals surface area contributed by atoms with E-state index in [-0.39, 0.29) is 10.1 Å². The van der Waals surface area contributed by atoms with E-state index >= 15 is 0 Å². The fourth-order valence-electron chi connectivity index (χ4n) is 2.50. The van der Waals surface area contributed by atoms with E-state index in [1.165, 1.54) is 10.4 Å². The summed E-state index contributed by atoms with van der Waals surface area (Å²) in [5.41, 5.74) is 0.623. The van der Waals surface area contributed by atoms with Gasteiger partial charge in [0.1, 0.15) is 9.96 Å². The predicted octanol–water partition coefficient (Wildman–Crippen LogP) is 2.79. The Bertz CT molecular complexity index is 822. The quantitative estimate of drug-likeness (QED) is 0.883. The zero-order valence-corrected chi connectivity index (χ0v) is 14.8. The lowest BCUT2D eigenvalue weighted by molar-refractivity contribution is 0.103. The average Bonchev–Trinajstić information content (AvgIpc) is 3.27. The molecule has 128 valence electrons. The van der Waals surface area contributed by atoms with E-state index in [1.54, 1.807) is 37.4 Å². The number of amides is 1. The summed E-state index contributed by atoms with van der Waals surface area (Å²) in [4.78, 5) is 12.7. The van der Waals surface area contributed by atoms with Crippen molar-refractivity contribution in [3.63, 3.8) is 0 Å². The van der Waals surface area contributed by atoms with Gasteiger partial charge in [0.2, 0.25) is 0 Å².